The third-order valence-corrected chi connectivity index (χ3v) is 2.94. The molecule has 5 nitrogen and oxygen atoms in total. The predicted octanol–water partition coefficient (Wildman–Crippen LogP) is 2.88. The number of carbonyl (C=O) groups is 1. The number of aryl methyl sites for hydroxylation is 1. The van der Waals surface area contributed by atoms with E-state index in [4.69, 9.17) is 16.3 Å². The average molecular weight is 281 g/mol. The maximum atomic E-state index is 11.2. The molecule has 1 heterocycles. The minimum atomic E-state index is -1.01. The van der Waals surface area contributed by atoms with Crippen LogP contribution in [-0.2, 0) is 11.3 Å². The highest BCUT2D eigenvalue weighted by Gasteiger charge is 2.17. The van der Waals surface area contributed by atoms with Crippen molar-refractivity contribution in [3.8, 4) is 11.3 Å². The molecular formula is C13H13ClN2O3. The lowest BCUT2D eigenvalue weighted by atomic mass is 10.0. The van der Waals surface area contributed by atoms with Gasteiger partial charge in [-0.1, -0.05) is 23.2 Å². The first kappa shape index (κ1) is 13.6. The summed E-state index contributed by atoms with van der Waals surface area (Å²) in [6, 6.07) is 5.06. The third-order valence-electron chi connectivity index (χ3n) is 2.66. The Morgan fingerprint density at radius 1 is 1.53 bits per heavy atom. The van der Waals surface area contributed by atoms with E-state index < -0.39 is 5.97 Å². The van der Waals surface area contributed by atoms with Gasteiger partial charge < -0.3 is 14.8 Å². The Morgan fingerprint density at radius 3 is 2.89 bits per heavy atom. The van der Waals surface area contributed by atoms with Gasteiger partial charge in [0.05, 0.1) is 11.3 Å². The average Bonchev–Trinajstić information content (AvgIpc) is 2.70. The van der Waals surface area contributed by atoms with Crippen molar-refractivity contribution >= 4 is 17.6 Å². The first-order valence-corrected chi connectivity index (χ1v) is 5.98. The van der Waals surface area contributed by atoms with Crippen molar-refractivity contribution < 1.29 is 14.6 Å². The Balaban J connectivity index is 2.57. The zero-order chi connectivity index (χ0) is 14.0. The second kappa shape index (κ2) is 5.42. The van der Waals surface area contributed by atoms with Crippen molar-refractivity contribution in [2.45, 2.75) is 13.5 Å². The molecule has 0 aliphatic carbocycles. The summed E-state index contributed by atoms with van der Waals surface area (Å²) >= 11 is 6.05. The molecule has 100 valence electrons. The lowest BCUT2D eigenvalue weighted by Gasteiger charge is -2.05. The Hall–Kier alpha value is -1.85. The van der Waals surface area contributed by atoms with Crippen molar-refractivity contribution in [2.24, 2.45) is 0 Å². The van der Waals surface area contributed by atoms with Crippen molar-refractivity contribution in [2.75, 3.05) is 7.11 Å². The molecule has 19 heavy (non-hydrogen) atoms. The fourth-order valence-electron chi connectivity index (χ4n) is 1.83. The Bertz CT molecular complexity index is 622. The van der Waals surface area contributed by atoms with Gasteiger partial charge in [0.25, 0.3) is 0 Å². The summed E-state index contributed by atoms with van der Waals surface area (Å²) < 4.78 is 4.96. The van der Waals surface area contributed by atoms with E-state index in [1.165, 1.54) is 0 Å². The fraction of sp³-hybridized carbons (Fsp3) is 0.231. The van der Waals surface area contributed by atoms with Gasteiger partial charge in [-0.15, -0.1) is 0 Å². The molecule has 0 saturated heterocycles. The minimum Gasteiger partial charge on any atom is -0.478 e. The van der Waals surface area contributed by atoms with Crippen molar-refractivity contribution in [1.29, 1.82) is 0 Å². The Kier molecular flexibility index (Phi) is 3.87. The van der Waals surface area contributed by atoms with Crippen LogP contribution in [0.2, 0.25) is 5.15 Å². The monoisotopic (exact) mass is 280 g/mol. The highest BCUT2D eigenvalue weighted by atomic mass is 35.5. The number of rotatable bonds is 4. The third kappa shape index (κ3) is 2.77. The number of aromatic nitrogens is 2. The highest BCUT2D eigenvalue weighted by molar-refractivity contribution is 6.32. The molecule has 0 spiro atoms. The topological polar surface area (TPSA) is 75.2 Å². The molecule has 1 aromatic carbocycles. The van der Waals surface area contributed by atoms with Crippen molar-refractivity contribution in [3.63, 3.8) is 0 Å². The largest absolute Gasteiger partial charge is 0.478 e. The van der Waals surface area contributed by atoms with Crippen molar-refractivity contribution in [3.05, 3.63) is 40.3 Å². The highest BCUT2D eigenvalue weighted by Crippen LogP contribution is 2.29. The Labute approximate surface area is 115 Å². The van der Waals surface area contributed by atoms with Crippen LogP contribution >= 0.6 is 11.6 Å². The molecule has 0 bridgehead atoms. The molecule has 0 aliphatic heterocycles. The number of halogens is 1. The van der Waals surface area contributed by atoms with Crippen LogP contribution in [0.1, 0.15) is 21.7 Å². The predicted molar refractivity (Wildman–Crippen MR) is 71.4 cm³/mol. The summed E-state index contributed by atoms with van der Waals surface area (Å²) in [5.74, 6) is -0.450. The smallest absolute Gasteiger partial charge is 0.336 e. The molecule has 1 aromatic heterocycles. The van der Waals surface area contributed by atoms with Crippen LogP contribution in [0.15, 0.2) is 18.2 Å². The molecule has 2 rings (SSSR count). The van der Waals surface area contributed by atoms with Gasteiger partial charge in [0.1, 0.15) is 12.4 Å². The number of carboxylic acid groups (broad SMARTS) is 1. The number of hydrogen-bond acceptors (Lipinski definition) is 3. The van der Waals surface area contributed by atoms with E-state index >= 15 is 0 Å². The lowest BCUT2D eigenvalue weighted by Crippen LogP contribution is -2.00. The standard InChI is InChI=1S/C13H13ClN2O3/c1-7-3-4-8(13(17)18)9(5-7)11-12(14)16-10(15-11)6-19-2/h3-5H,6H2,1-2H3,(H,15,16)(H,17,18). The zero-order valence-electron chi connectivity index (χ0n) is 10.5. The molecule has 0 saturated carbocycles. The van der Waals surface area contributed by atoms with Crippen LogP contribution in [0.4, 0.5) is 0 Å². The summed E-state index contributed by atoms with van der Waals surface area (Å²) in [4.78, 5) is 18.3. The molecule has 0 atom stereocenters. The molecule has 2 N–H and O–H groups in total. The number of aromatic carboxylic acids is 1. The van der Waals surface area contributed by atoms with Crippen LogP contribution in [0.5, 0.6) is 0 Å². The molecule has 2 aromatic rings. The number of benzene rings is 1. The molecule has 0 radical (unpaired) electrons. The van der Waals surface area contributed by atoms with Gasteiger partial charge >= 0.3 is 5.97 Å². The molecule has 0 amide bonds. The summed E-state index contributed by atoms with van der Waals surface area (Å²) in [5.41, 5.74) is 2.14. The second-order valence-corrected chi connectivity index (χ2v) is 4.49. The molecule has 0 fully saturated rings. The zero-order valence-corrected chi connectivity index (χ0v) is 11.3. The van der Waals surface area contributed by atoms with Gasteiger partial charge in [-0.25, -0.2) is 9.78 Å². The van der Waals surface area contributed by atoms with Gasteiger partial charge in [0, 0.05) is 12.7 Å². The number of H-pyrrole nitrogens is 1. The van der Waals surface area contributed by atoms with E-state index in [9.17, 15) is 9.90 Å². The fourth-order valence-corrected chi connectivity index (χ4v) is 2.08. The SMILES string of the molecule is COCc1nc(Cl)c(-c2cc(C)ccc2C(=O)O)[nH]1. The van der Waals surface area contributed by atoms with E-state index in [0.29, 0.717) is 17.1 Å². The number of aromatic amines is 1. The molecule has 0 aliphatic rings. The normalized spacial score (nSPS) is 10.7. The van der Waals surface area contributed by atoms with Crippen LogP contribution < -0.4 is 0 Å². The number of carboxylic acids is 1. The van der Waals surface area contributed by atoms with Crippen LogP contribution in [0.3, 0.4) is 0 Å². The van der Waals surface area contributed by atoms with Crippen LogP contribution in [0, 0.1) is 6.92 Å². The van der Waals surface area contributed by atoms with Crippen LogP contribution in [0.25, 0.3) is 11.3 Å². The summed E-state index contributed by atoms with van der Waals surface area (Å²) in [6.07, 6.45) is 0. The van der Waals surface area contributed by atoms with Gasteiger partial charge in [0.2, 0.25) is 0 Å². The van der Waals surface area contributed by atoms with E-state index in [2.05, 4.69) is 9.97 Å². The quantitative estimate of drug-likeness (QED) is 0.903. The number of methoxy groups -OCH3 is 1. The number of ether oxygens (including phenoxy) is 1. The van der Waals surface area contributed by atoms with E-state index in [0.717, 1.165) is 5.56 Å². The van der Waals surface area contributed by atoms with E-state index in [-0.39, 0.29) is 17.3 Å². The number of imidazole rings is 1. The molecular weight excluding hydrogens is 268 g/mol. The summed E-state index contributed by atoms with van der Waals surface area (Å²) in [5, 5.41) is 9.45. The number of nitrogens with zero attached hydrogens (tertiary/aromatic N) is 1. The maximum Gasteiger partial charge on any atom is 0.336 e. The van der Waals surface area contributed by atoms with Crippen LogP contribution in [-0.4, -0.2) is 28.2 Å². The summed E-state index contributed by atoms with van der Waals surface area (Å²) in [7, 11) is 1.55. The number of nitrogens with one attached hydrogen (secondary N) is 1. The Morgan fingerprint density at radius 2 is 2.26 bits per heavy atom. The van der Waals surface area contributed by atoms with E-state index in [1.54, 1.807) is 25.3 Å². The van der Waals surface area contributed by atoms with Crippen molar-refractivity contribution in [1.82, 2.24) is 9.97 Å². The first-order valence-electron chi connectivity index (χ1n) is 5.60. The van der Waals surface area contributed by atoms with Gasteiger partial charge in [-0.3, -0.25) is 0 Å². The lowest BCUT2D eigenvalue weighted by molar-refractivity contribution is 0.0697. The number of hydrogen-bond donors (Lipinski definition) is 2. The van der Waals surface area contributed by atoms with Gasteiger partial charge in [0.15, 0.2) is 5.15 Å². The second-order valence-electron chi connectivity index (χ2n) is 4.14. The van der Waals surface area contributed by atoms with Gasteiger partial charge in [-0.2, -0.15) is 0 Å². The van der Waals surface area contributed by atoms with E-state index in [1.807, 2.05) is 6.92 Å². The van der Waals surface area contributed by atoms with Gasteiger partial charge in [-0.05, 0) is 19.1 Å². The first-order chi connectivity index (χ1) is 9.02. The maximum absolute atomic E-state index is 11.2. The minimum absolute atomic E-state index is 0.181. The summed E-state index contributed by atoms with van der Waals surface area (Å²) in [6.45, 7) is 2.17. The molecule has 6 heteroatoms. The molecule has 0 unspecified atom stereocenters.